The first-order valence-electron chi connectivity index (χ1n) is 7.57. The van der Waals surface area contributed by atoms with Gasteiger partial charge in [0.05, 0.1) is 17.0 Å². The molecule has 25 heavy (non-hydrogen) atoms. The molecule has 1 aromatic carbocycles. The van der Waals surface area contributed by atoms with E-state index in [1.54, 1.807) is 15.9 Å². The average Bonchev–Trinajstić information content (AvgIpc) is 2.56. The van der Waals surface area contributed by atoms with Crippen molar-refractivity contribution in [2.24, 2.45) is 0 Å². The van der Waals surface area contributed by atoms with Crippen molar-refractivity contribution in [2.75, 3.05) is 36.7 Å². The van der Waals surface area contributed by atoms with Gasteiger partial charge in [0.1, 0.15) is 6.04 Å². The highest BCUT2D eigenvalue weighted by atomic mass is 35.5. The normalized spacial score (nSPS) is 16.5. The largest absolute Gasteiger partial charge is 0.342 e. The van der Waals surface area contributed by atoms with Crippen LogP contribution in [-0.4, -0.2) is 69.0 Å². The van der Waals surface area contributed by atoms with Crippen molar-refractivity contribution < 1.29 is 18.0 Å². The predicted molar refractivity (Wildman–Crippen MR) is 97.5 cm³/mol. The number of sulfonamides is 1. The van der Waals surface area contributed by atoms with E-state index in [9.17, 15) is 18.0 Å². The van der Waals surface area contributed by atoms with E-state index >= 15 is 0 Å². The summed E-state index contributed by atoms with van der Waals surface area (Å²) in [6.07, 6.45) is 1.75. The maximum Gasteiger partial charge on any atom is 0.246 e. The van der Waals surface area contributed by atoms with Gasteiger partial charge >= 0.3 is 0 Å². The highest BCUT2D eigenvalue weighted by molar-refractivity contribution is 7.92. The summed E-state index contributed by atoms with van der Waals surface area (Å²) in [6.45, 7) is 3.04. The quantitative estimate of drug-likeness (QED) is 0.691. The van der Waals surface area contributed by atoms with Gasteiger partial charge in [-0.3, -0.25) is 13.9 Å². The van der Waals surface area contributed by atoms with Crippen molar-refractivity contribution in [1.82, 2.24) is 9.80 Å². The molecule has 1 heterocycles. The highest BCUT2D eigenvalue weighted by Crippen LogP contribution is 2.32. The van der Waals surface area contributed by atoms with E-state index in [-0.39, 0.29) is 16.6 Å². The van der Waals surface area contributed by atoms with Crippen LogP contribution in [0.2, 0.25) is 10.0 Å². The molecule has 1 fully saturated rings. The van der Waals surface area contributed by atoms with Crippen LogP contribution in [0.15, 0.2) is 18.2 Å². The third-order valence-corrected chi connectivity index (χ3v) is 5.77. The second-order valence-corrected chi connectivity index (χ2v) is 8.50. The summed E-state index contributed by atoms with van der Waals surface area (Å²) in [7, 11) is -3.78. The lowest BCUT2D eigenvalue weighted by molar-refractivity contribution is -0.135. The monoisotopic (exact) mass is 407 g/mol. The van der Waals surface area contributed by atoms with Crippen LogP contribution in [0, 0.1) is 0 Å². The standard InChI is InChI=1S/C15H19Cl2N3O4S/c1-11(15(22)19-7-5-18(10-21)6-8-19)20(25(2,23)24)14-9-12(16)3-4-13(14)17/h3-4,9-11H,5-8H2,1-2H3/t11-/m0/s1. The van der Waals surface area contributed by atoms with Crippen molar-refractivity contribution >= 4 is 51.2 Å². The molecular formula is C15H19Cl2N3O4S. The zero-order valence-corrected chi connectivity index (χ0v) is 16.2. The molecule has 138 valence electrons. The van der Waals surface area contributed by atoms with Crippen LogP contribution in [-0.2, 0) is 19.6 Å². The van der Waals surface area contributed by atoms with Crippen molar-refractivity contribution in [3.63, 3.8) is 0 Å². The Hall–Kier alpha value is -1.51. The number of amides is 2. The second-order valence-electron chi connectivity index (χ2n) is 5.80. The SMILES string of the molecule is C[C@@H](C(=O)N1CCN(C=O)CC1)N(c1cc(Cl)ccc1Cl)S(C)(=O)=O. The van der Waals surface area contributed by atoms with Gasteiger partial charge < -0.3 is 9.80 Å². The first-order valence-corrected chi connectivity index (χ1v) is 10.2. The number of benzene rings is 1. The molecule has 0 unspecified atom stereocenters. The van der Waals surface area contributed by atoms with Gasteiger partial charge in [-0.15, -0.1) is 0 Å². The molecule has 0 aliphatic carbocycles. The summed E-state index contributed by atoms with van der Waals surface area (Å²) >= 11 is 12.1. The number of carbonyl (C=O) groups is 2. The van der Waals surface area contributed by atoms with Gasteiger partial charge in [-0.2, -0.15) is 0 Å². The Balaban J connectivity index is 2.31. The van der Waals surface area contributed by atoms with Crippen molar-refractivity contribution in [3.8, 4) is 0 Å². The summed E-state index contributed by atoms with van der Waals surface area (Å²) in [5.74, 6) is -0.355. The van der Waals surface area contributed by atoms with Gasteiger partial charge in [-0.25, -0.2) is 8.42 Å². The Morgan fingerprint density at radius 2 is 1.84 bits per heavy atom. The zero-order valence-electron chi connectivity index (χ0n) is 13.9. The first-order chi connectivity index (χ1) is 11.6. The maximum atomic E-state index is 12.8. The molecule has 2 rings (SSSR count). The second kappa shape index (κ2) is 7.80. The molecule has 0 bridgehead atoms. The molecule has 7 nitrogen and oxygen atoms in total. The fourth-order valence-electron chi connectivity index (χ4n) is 2.74. The summed E-state index contributed by atoms with van der Waals surface area (Å²) in [6, 6.07) is 3.45. The van der Waals surface area contributed by atoms with Gasteiger partial charge in [-0.1, -0.05) is 23.2 Å². The third kappa shape index (κ3) is 4.56. The smallest absolute Gasteiger partial charge is 0.246 e. The van der Waals surface area contributed by atoms with Crippen LogP contribution in [0.3, 0.4) is 0 Å². The van der Waals surface area contributed by atoms with Crippen LogP contribution in [0.4, 0.5) is 5.69 Å². The molecule has 1 saturated heterocycles. The molecule has 1 aliphatic heterocycles. The van der Waals surface area contributed by atoms with E-state index in [0.29, 0.717) is 31.2 Å². The van der Waals surface area contributed by atoms with Crippen molar-refractivity contribution in [3.05, 3.63) is 28.2 Å². The number of carbonyl (C=O) groups excluding carboxylic acids is 2. The van der Waals surface area contributed by atoms with Gasteiger partial charge in [0.2, 0.25) is 22.3 Å². The lowest BCUT2D eigenvalue weighted by Gasteiger charge is -2.37. The Labute approximate surface area is 157 Å². The zero-order chi connectivity index (χ0) is 18.8. The molecule has 0 aromatic heterocycles. The molecule has 10 heteroatoms. The van der Waals surface area contributed by atoms with Crippen molar-refractivity contribution in [1.29, 1.82) is 0 Å². The minimum atomic E-state index is -3.78. The van der Waals surface area contributed by atoms with Crippen LogP contribution >= 0.6 is 23.2 Å². The summed E-state index contributed by atoms with van der Waals surface area (Å²) < 4.78 is 25.6. The van der Waals surface area contributed by atoms with E-state index in [0.717, 1.165) is 17.0 Å². The number of nitrogens with zero attached hydrogens (tertiary/aromatic N) is 3. The molecule has 1 atom stereocenters. The molecule has 2 amide bonds. The first kappa shape index (κ1) is 19.8. The molecule has 1 aliphatic rings. The maximum absolute atomic E-state index is 12.8. The molecule has 0 spiro atoms. The van der Waals surface area contributed by atoms with E-state index in [4.69, 9.17) is 23.2 Å². The number of hydrogen-bond acceptors (Lipinski definition) is 4. The van der Waals surface area contributed by atoms with Crippen LogP contribution in [0.5, 0.6) is 0 Å². The molecule has 1 aromatic rings. The van der Waals surface area contributed by atoms with Gasteiger partial charge in [0, 0.05) is 31.2 Å². The lowest BCUT2D eigenvalue weighted by atomic mass is 10.2. The Bertz CT molecular complexity index is 764. The van der Waals surface area contributed by atoms with E-state index in [2.05, 4.69) is 0 Å². The number of anilines is 1. The van der Waals surface area contributed by atoms with E-state index < -0.39 is 16.1 Å². The minimum Gasteiger partial charge on any atom is -0.342 e. The average molecular weight is 408 g/mol. The fourth-order valence-corrected chi connectivity index (χ4v) is 4.34. The Morgan fingerprint density at radius 3 is 2.36 bits per heavy atom. The lowest BCUT2D eigenvalue weighted by Crippen LogP contribution is -2.55. The van der Waals surface area contributed by atoms with Gasteiger partial charge in [0.15, 0.2) is 0 Å². The molecular weight excluding hydrogens is 389 g/mol. The van der Waals surface area contributed by atoms with Crippen LogP contribution in [0.1, 0.15) is 6.92 Å². The van der Waals surface area contributed by atoms with E-state index in [1.807, 2.05) is 0 Å². The summed E-state index contributed by atoms with van der Waals surface area (Å²) in [5, 5.41) is 0.493. The topological polar surface area (TPSA) is 78.0 Å². The van der Waals surface area contributed by atoms with Gasteiger partial charge in [0.25, 0.3) is 0 Å². The molecule has 0 radical (unpaired) electrons. The Kier molecular flexibility index (Phi) is 6.18. The van der Waals surface area contributed by atoms with E-state index in [1.165, 1.54) is 19.1 Å². The fraction of sp³-hybridized carbons (Fsp3) is 0.467. The predicted octanol–water partition coefficient (Wildman–Crippen LogP) is 1.45. The van der Waals surface area contributed by atoms with Crippen LogP contribution < -0.4 is 4.31 Å². The van der Waals surface area contributed by atoms with Gasteiger partial charge in [-0.05, 0) is 25.1 Å². The third-order valence-electron chi connectivity index (χ3n) is 3.99. The summed E-state index contributed by atoms with van der Waals surface area (Å²) in [4.78, 5) is 26.7. The highest BCUT2D eigenvalue weighted by Gasteiger charge is 2.34. The molecule has 0 N–H and O–H groups in total. The number of halogens is 2. The number of piperazine rings is 1. The minimum absolute atomic E-state index is 0.157. The Morgan fingerprint density at radius 1 is 1.24 bits per heavy atom. The summed E-state index contributed by atoms with van der Waals surface area (Å²) in [5.41, 5.74) is 0.157. The van der Waals surface area contributed by atoms with Crippen LogP contribution in [0.25, 0.3) is 0 Å². The molecule has 0 saturated carbocycles. The number of rotatable bonds is 5. The number of hydrogen-bond donors (Lipinski definition) is 0. The van der Waals surface area contributed by atoms with Crippen molar-refractivity contribution in [2.45, 2.75) is 13.0 Å².